The Hall–Kier alpha value is -1.02. The standard InChI is InChI=1S/C11H17N3O3S/c1-9-8-14(4-5-17-9)18(15,16)11-3-2-10(6-12)7-13-11/h2-3,7,9H,4-6,8,12H2,1H3. The fraction of sp³-hybridized carbons (Fsp3) is 0.545. The lowest BCUT2D eigenvalue weighted by Gasteiger charge is -2.29. The van der Waals surface area contributed by atoms with Gasteiger partial charge in [0.1, 0.15) is 0 Å². The van der Waals surface area contributed by atoms with E-state index < -0.39 is 10.0 Å². The van der Waals surface area contributed by atoms with E-state index in [2.05, 4.69) is 4.98 Å². The molecule has 1 aliphatic heterocycles. The smallest absolute Gasteiger partial charge is 0.260 e. The van der Waals surface area contributed by atoms with Crippen LogP contribution in [0.4, 0.5) is 0 Å². The minimum atomic E-state index is -3.52. The van der Waals surface area contributed by atoms with Crippen LogP contribution in [0.2, 0.25) is 0 Å². The van der Waals surface area contributed by atoms with E-state index in [9.17, 15) is 8.42 Å². The van der Waals surface area contributed by atoms with E-state index >= 15 is 0 Å². The first-order valence-electron chi connectivity index (χ1n) is 5.81. The molecule has 1 unspecified atom stereocenters. The lowest BCUT2D eigenvalue weighted by molar-refractivity contribution is 0.0101. The molecule has 2 rings (SSSR count). The average Bonchev–Trinajstić information content (AvgIpc) is 2.39. The molecule has 100 valence electrons. The molecule has 0 spiro atoms. The van der Waals surface area contributed by atoms with Crippen LogP contribution in [0.15, 0.2) is 23.4 Å². The Morgan fingerprint density at radius 1 is 1.56 bits per heavy atom. The molecule has 0 bridgehead atoms. The van der Waals surface area contributed by atoms with Crippen molar-refractivity contribution in [3.8, 4) is 0 Å². The van der Waals surface area contributed by atoms with Crippen molar-refractivity contribution in [2.75, 3.05) is 19.7 Å². The molecule has 7 heteroatoms. The zero-order valence-electron chi connectivity index (χ0n) is 10.2. The van der Waals surface area contributed by atoms with Gasteiger partial charge in [-0.2, -0.15) is 4.31 Å². The summed E-state index contributed by atoms with van der Waals surface area (Å²) in [6, 6.07) is 3.18. The molecule has 1 aliphatic rings. The van der Waals surface area contributed by atoms with Crippen LogP contribution in [0.25, 0.3) is 0 Å². The van der Waals surface area contributed by atoms with E-state index in [1.165, 1.54) is 16.6 Å². The molecule has 2 heterocycles. The number of hydrogen-bond donors (Lipinski definition) is 1. The third kappa shape index (κ3) is 2.69. The Morgan fingerprint density at radius 3 is 2.89 bits per heavy atom. The topological polar surface area (TPSA) is 85.5 Å². The van der Waals surface area contributed by atoms with Crippen molar-refractivity contribution in [1.29, 1.82) is 0 Å². The van der Waals surface area contributed by atoms with E-state index in [-0.39, 0.29) is 11.1 Å². The predicted molar refractivity (Wildman–Crippen MR) is 66.3 cm³/mol. The summed E-state index contributed by atoms with van der Waals surface area (Å²) in [5.74, 6) is 0. The van der Waals surface area contributed by atoms with Crippen LogP contribution in [0.3, 0.4) is 0 Å². The van der Waals surface area contributed by atoms with Gasteiger partial charge in [-0.05, 0) is 18.6 Å². The third-order valence-electron chi connectivity index (χ3n) is 2.84. The number of ether oxygens (including phenoxy) is 1. The molecule has 1 fully saturated rings. The van der Waals surface area contributed by atoms with Crippen molar-refractivity contribution < 1.29 is 13.2 Å². The zero-order valence-corrected chi connectivity index (χ0v) is 11.1. The summed E-state index contributed by atoms with van der Waals surface area (Å²) >= 11 is 0. The Balaban J connectivity index is 2.23. The number of morpholine rings is 1. The molecule has 2 N–H and O–H groups in total. The highest BCUT2D eigenvalue weighted by molar-refractivity contribution is 7.89. The molecule has 1 atom stereocenters. The lowest BCUT2D eigenvalue weighted by Crippen LogP contribution is -2.44. The van der Waals surface area contributed by atoms with Crippen molar-refractivity contribution in [1.82, 2.24) is 9.29 Å². The molecule has 0 aromatic carbocycles. The molecule has 0 aliphatic carbocycles. The maximum Gasteiger partial charge on any atom is 0.260 e. The first-order valence-corrected chi connectivity index (χ1v) is 7.25. The zero-order chi connectivity index (χ0) is 13.2. The molecular weight excluding hydrogens is 254 g/mol. The number of sulfonamides is 1. The van der Waals surface area contributed by atoms with Crippen LogP contribution in [0.1, 0.15) is 12.5 Å². The van der Waals surface area contributed by atoms with Crippen molar-refractivity contribution in [3.63, 3.8) is 0 Å². The maximum absolute atomic E-state index is 12.3. The second-order valence-electron chi connectivity index (χ2n) is 4.25. The van der Waals surface area contributed by atoms with Gasteiger partial charge in [-0.25, -0.2) is 13.4 Å². The minimum absolute atomic E-state index is 0.0637. The summed E-state index contributed by atoms with van der Waals surface area (Å²) in [4.78, 5) is 3.97. The average molecular weight is 271 g/mol. The molecule has 18 heavy (non-hydrogen) atoms. The predicted octanol–water partition coefficient (Wildman–Crippen LogP) is -0.0503. The van der Waals surface area contributed by atoms with Gasteiger partial charge in [0.05, 0.1) is 12.7 Å². The summed E-state index contributed by atoms with van der Waals surface area (Å²) in [5.41, 5.74) is 6.26. The van der Waals surface area contributed by atoms with Crippen molar-refractivity contribution in [3.05, 3.63) is 23.9 Å². The number of nitrogens with two attached hydrogens (primary N) is 1. The van der Waals surface area contributed by atoms with Crippen LogP contribution in [0.5, 0.6) is 0 Å². The first kappa shape index (κ1) is 13.4. The molecule has 1 aromatic rings. The van der Waals surface area contributed by atoms with Crippen molar-refractivity contribution in [2.24, 2.45) is 5.73 Å². The molecule has 0 radical (unpaired) electrons. The summed E-state index contributed by atoms with van der Waals surface area (Å²) in [6.45, 7) is 3.35. The van der Waals surface area contributed by atoms with Gasteiger partial charge in [0.15, 0.2) is 5.03 Å². The molecule has 0 saturated carbocycles. The van der Waals surface area contributed by atoms with E-state index in [1.54, 1.807) is 6.07 Å². The summed E-state index contributed by atoms with van der Waals surface area (Å²) in [6.07, 6.45) is 1.41. The van der Waals surface area contributed by atoms with Crippen LogP contribution >= 0.6 is 0 Å². The molecular formula is C11H17N3O3S. The number of aromatic nitrogens is 1. The molecule has 1 aromatic heterocycles. The van der Waals surface area contributed by atoms with Crippen LogP contribution in [-0.2, 0) is 21.3 Å². The maximum atomic E-state index is 12.3. The monoisotopic (exact) mass is 271 g/mol. The van der Waals surface area contributed by atoms with Gasteiger partial charge >= 0.3 is 0 Å². The summed E-state index contributed by atoms with van der Waals surface area (Å²) in [7, 11) is -3.52. The Labute approximate surface area is 107 Å². The van der Waals surface area contributed by atoms with Gasteiger partial charge in [0, 0.05) is 25.8 Å². The largest absolute Gasteiger partial charge is 0.376 e. The quantitative estimate of drug-likeness (QED) is 0.833. The van der Waals surface area contributed by atoms with E-state index in [1.807, 2.05) is 6.92 Å². The van der Waals surface area contributed by atoms with Crippen molar-refractivity contribution in [2.45, 2.75) is 24.6 Å². The molecule has 6 nitrogen and oxygen atoms in total. The van der Waals surface area contributed by atoms with Crippen LogP contribution < -0.4 is 5.73 Å². The van der Waals surface area contributed by atoms with Crippen LogP contribution in [-0.4, -0.2) is 43.5 Å². The minimum Gasteiger partial charge on any atom is -0.376 e. The Morgan fingerprint density at radius 2 is 2.33 bits per heavy atom. The second-order valence-corrected chi connectivity index (χ2v) is 6.14. The number of nitrogens with zero attached hydrogens (tertiary/aromatic N) is 2. The van der Waals surface area contributed by atoms with Crippen molar-refractivity contribution >= 4 is 10.0 Å². The summed E-state index contributed by atoms with van der Waals surface area (Å²) < 4.78 is 31.4. The lowest BCUT2D eigenvalue weighted by atomic mass is 10.3. The van der Waals surface area contributed by atoms with E-state index in [4.69, 9.17) is 10.5 Å². The fourth-order valence-electron chi connectivity index (χ4n) is 1.82. The van der Waals surface area contributed by atoms with E-state index in [0.717, 1.165) is 5.56 Å². The number of pyridine rings is 1. The van der Waals surface area contributed by atoms with Gasteiger partial charge in [-0.3, -0.25) is 0 Å². The Bertz CT molecular complexity index is 501. The first-order chi connectivity index (χ1) is 8.54. The molecule has 1 saturated heterocycles. The molecule has 0 amide bonds. The van der Waals surface area contributed by atoms with Gasteiger partial charge in [0.2, 0.25) is 0 Å². The van der Waals surface area contributed by atoms with Gasteiger partial charge in [-0.1, -0.05) is 6.07 Å². The number of hydrogen-bond acceptors (Lipinski definition) is 5. The fourth-order valence-corrected chi connectivity index (χ4v) is 3.23. The highest BCUT2D eigenvalue weighted by Crippen LogP contribution is 2.17. The van der Waals surface area contributed by atoms with Gasteiger partial charge in [-0.15, -0.1) is 0 Å². The third-order valence-corrected chi connectivity index (χ3v) is 4.62. The van der Waals surface area contributed by atoms with E-state index in [0.29, 0.717) is 26.2 Å². The van der Waals surface area contributed by atoms with Gasteiger partial charge < -0.3 is 10.5 Å². The highest BCUT2D eigenvalue weighted by atomic mass is 32.2. The SMILES string of the molecule is CC1CN(S(=O)(=O)c2ccc(CN)cn2)CCO1. The van der Waals surface area contributed by atoms with Crippen LogP contribution in [0, 0.1) is 0 Å². The van der Waals surface area contributed by atoms with Gasteiger partial charge in [0.25, 0.3) is 10.0 Å². The normalized spacial score (nSPS) is 22.0. The Kier molecular flexibility index (Phi) is 3.96. The summed E-state index contributed by atoms with van der Waals surface area (Å²) in [5, 5.41) is 0.0637. The second kappa shape index (κ2) is 5.31. The number of rotatable bonds is 3. The highest BCUT2D eigenvalue weighted by Gasteiger charge is 2.29.